The minimum Gasteiger partial charge on any atom is -0.356 e. The van der Waals surface area contributed by atoms with Crippen molar-refractivity contribution >= 4 is 34.7 Å². The fourth-order valence-corrected chi connectivity index (χ4v) is 4.75. The van der Waals surface area contributed by atoms with E-state index in [2.05, 4.69) is 17.0 Å². The van der Waals surface area contributed by atoms with E-state index < -0.39 is 17.4 Å². The minimum absolute atomic E-state index is 0.0231. The summed E-state index contributed by atoms with van der Waals surface area (Å²) in [6, 6.07) is 4.18. The Kier molecular flexibility index (Phi) is 9.84. The lowest BCUT2D eigenvalue weighted by atomic mass is 9.89. The third kappa shape index (κ3) is 7.38. The van der Waals surface area contributed by atoms with Crippen molar-refractivity contribution in [1.82, 2.24) is 19.7 Å². The largest absolute Gasteiger partial charge is 0.416 e. The number of carbonyl (C=O) groups excluding carboxylic acids is 1. The SMILES string of the molecule is C=C/C(=C(Cl)\C=C(/C)Cl)c1nn(CCCNC(=O)C2CCCCC2)c(=O)n1-c1ccc(C(F)(F)F)cc1. The van der Waals surface area contributed by atoms with E-state index in [1.54, 1.807) is 6.92 Å². The van der Waals surface area contributed by atoms with Gasteiger partial charge in [0.25, 0.3) is 0 Å². The Labute approximate surface area is 223 Å². The molecule has 0 unspecified atom stereocenters. The van der Waals surface area contributed by atoms with E-state index in [4.69, 9.17) is 23.2 Å². The van der Waals surface area contributed by atoms with Crippen LogP contribution in [0.25, 0.3) is 11.3 Å². The normalized spacial score (nSPS) is 15.9. The molecule has 0 aliphatic heterocycles. The van der Waals surface area contributed by atoms with Gasteiger partial charge in [-0.25, -0.2) is 14.0 Å². The molecular formula is C26H29Cl2F3N4O2. The van der Waals surface area contributed by atoms with E-state index in [9.17, 15) is 22.8 Å². The fraction of sp³-hybridized carbons (Fsp3) is 0.423. The summed E-state index contributed by atoms with van der Waals surface area (Å²) in [7, 11) is 0. The van der Waals surface area contributed by atoms with Crippen LogP contribution in [0.15, 0.2) is 57.9 Å². The van der Waals surface area contributed by atoms with Gasteiger partial charge in [0.05, 0.1) is 16.3 Å². The van der Waals surface area contributed by atoms with Gasteiger partial charge >= 0.3 is 11.9 Å². The second kappa shape index (κ2) is 12.6. The molecule has 0 atom stereocenters. The lowest BCUT2D eigenvalue weighted by Crippen LogP contribution is -2.33. The first-order valence-corrected chi connectivity index (χ1v) is 12.8. The third-order valence-corrected chi connectivity index (χ3v) is 6.56. The molecule has 37 heavy (non-hydrogen) atoms. The number of allylic oxidation sites excluding steroid dienone is 5. The number of carbonyl (C=O) groups is 1. The summed E-state index contributed by atoms with van der Waals surface area (Å²) >= 11 is 12.4. The number of aryl methyl sites for hydroxylation is 1. The van der Waals surface area contributed by atoms with Crippen LogP contribution in [0, 0.1) is 5.92 Å². The first-order chi connectivity index (χ1) is 17.5. The zero-order valence-electron chi connectivity index (χ0n) is 20.5. The van der Waals surface area contributed by atoms with Gasteiger partial charge in [-0.05, 0) is 56.5 Å². The lowest BCUT2D eigenvalue weighted by Gasteiger charge is -2.20. The standard InChI is InChI=1S/C26H29Cl2F3N4O2/c1-3-21(22(28)16-17(2)27)23-33-34(15-7-14-32-24(36)18-8-5-4-6-9-18)25(37)35(23)20-12-10-19(11-13-20)26(29,30)31/h3,10-13,16,18H,1,4-9,14-15H2,2H3,(H,32,36)/b17-16+,22-21-. The van der Waals surface area contributed by atoms with Crippen molar-refractivity contribution in [2.45, 2.75) is 58.2 Å². The molecule has 1 N–H and O–H groups in total. The molecule has 6 nitrogen and oxygen atoms in total. The van der Waals surface area contributed by atoms with Crippen LogP contribution in [0.2, 0.25) is 0 Å². The molecule has 1 aliphatic rings. The maximum Gasteiger partial charge on any atom is 0.416 e. The maximum atomic E-state index is 13.3. The number of benzene rings is 1. The number of amides is 1. The molecule has 1 aromatic heterocycles. The van der Waals surface area contributed by atoms with Gasteiger partial charge in [0.15, 0.2) is 5.82 Å². The van der Waals surface area contributed by atoms with Crippen LogP contribution in [0.3, 0.4) is 0 Å². The molecule has 1 amide bonds. The molecule has 2 aromatic rings. The fourth-order valence-electron chi connectivity index (χ4n) is 4.26. The number of rotatable bonds is 9. The zero-order valence-corrected chi connectivity index (χ0v) is 22.0. The van der Waals surface area contributed by atoms with Crippen LogP contribution in [-0.2, 0) is 17.5 Å². The number of nitrogens with zero attached hydrogens (tertiary/aromatic N) is 3. The van der Waals surface area contributed by atoms with Crippen molar-refractivity contribution in [2.24, 2.45) is 5.92 Å². The summed E-state index contributed by atoms with van der Waals surface area (Å²) in [5.41, 5.74) is -0.947. The highest BCUT2D eigenvalue weighted by Crippen LogP contribution is 2.30. The average Bonchev–Trinajstić information content (AvgIpc) is 3.17. The van der Waals surface area contributed by atoms with E-state index in [1.807, 2.05) is 0 Å². The molecule has 11 heteroatoms. The molecule has 1 saturated carbocycles. The van der Waals surface area contributed by atoms with Crippen LogP contribution in [0.1, 0.15) is 56.8 Å². The Balaban J connectivity index is 1.90. The van der Waals surface area contributed by atoms with Crippen molar-refractivity contribution < 1.29 is 18.0 Å². The molecular weight excluding hydrogens is 528 g/mol. The zero-order chi connectivity index (χ0) is 27.2. The lowest BCUT2D eigenvalue weighted by molar-refractivity contribution is -0.137. The number of halogens is 5. The Bertz CT molecular complexity index is 1230. The number of hydrogen-bond acceptors (Lipinski definition) is 3. The van der Waals surface area contributed by atoms with Gasteiger partial charge in [-0.1, -0.05) is 55.1 Å². The van der Waals surface area contributed by atoms with Gasteiger partial charge in [-0.15, -0.1) is 5.10 Å². The van der Waals surface area contributed by atoms with E-state index in [-0.39, 0.29) is 40.5 Å². The smallest absolute Gasteiger partial charge is 0.356 e. The molecule has 1 aromatic carbocycles. The van der Waals surface area contributed by atoms with E-state index in [1.165, 1.54) is 33.5 Å². The summed E-state index contributed by atoms with van der Waals surface area (Å²) in [6.45, 7) is 5.91. The molecule has 200 valence electrons. The molecule has 1 aliphatic carbocycles. The molecule has 0 radical (unpaired) electrons. The van der Waals surface area contributed by atoms with E-state index in [0.717, 1.165) is 44.2 Å². The molecule has 0 saturated heterocycles. The van der Waals surface area contributed by atoms with Crippen molar-refractivity contribution in [3.8, 4) is 5.69 Å². The highest BCUT2D eigenvalue weighted by Gasteiger charge is 2.30. The van der Waals surface area contributed by atoms with Crippen LogP contribution < -0.4 is 11.0 Å². The van der Waals surface area contributed by atoms with Crippen molar-refractivity contribution in [1.29, 1.82) is 0 Å². The number of hydrogen-bond donors (Lipinski definition) is 1. The van der Waals surface area contributed by atoms with Gasteiger partial charge in [-0.3, -0.25) is 4.79 Å². The van der Waals surface area contributed by atoms with Crippen molar-refractivity contribution in [2.75, 3.05) is 6.54 Å². The molecule has 0 spiro atoms. The highest BCUT2D eigenvalue weighted by molar-refractivity contribution is 6.37. The number of nitrogens with one attached hydrogen (secondary N) is 1. The van der Waals surface area contributed by atoms with Crippen molar-refractivity contribution in [3.63, 3.8) is 0 Å². The summed E-state index contributed by atoms with van der Waals surface area (Å²) in [6.07, 6.45) is 3.81. The second-order valence-corrected chi connectivity index (χ2v) is 9.89. The average molecular weight is 557 g/mol. The minimum atomic E-state index is -4.52. The monoisotopic (exact) mass is 556 g/mol. The van der Waals surface area contributed by atoms with Crippen molar-refractivity contribution in [3.05, 3.63) is 74.9 Å². The van der Waals surface area contributed by atoms with Gasteiger partial charge in [0.1, 0.15) is 0 Å². The summed E-state index contributed by atoms with van der Waals surface area (Å²) < 4.78 is 41.6. The van der Waals surface area contributed by atoms with Gasteiger partial charge < -0.3 is 5.32 Å². The maximum absolute atomic E-state index is 13.3. The summed E-state index contributed by atoms with van der Waals surface area (Å²) in [5, 5.41) is 7.87. The van der Waals surface area contributed by atoms with Gasteiger partial charge in [0.2, 0.25) is 5.91 Å². The summed E-state index contributed by atoms with van der Waals surface area (Å²) in [4.78, 5) is 25.7. The molecule has 1 fully saturated rings. The Hall–Kier alpha value is -2.78. The molecule has 0 bridgehead atoms. The van der Waals surface area contributed by atoms with Crippen LogP contribution in [0.5, 0.6) is 0 Å². The number of aromatic nitrogens is 3. The van der Waals surface area contributed by atoms with Gasteiger partial charge in [0, 0.05) is 29.6 Å². The van der Waals surface area contributed by atoms with Gasteiger partial charge in [-0.2, -0.15) is 13.2 Å². The Morgan fingerprint density at radius 2 is 1.84 bits per heavy atom. The summed E-state index contributed by atoms with van der Waals surface area (Å²) in [5.74, 6) is 0.155. The Morgan fingerprint density at radius 1 is 1.19 bits per heavy atom. The first-order valence-electron chi connectivity index (χ1n) is 12.0. The van der Waals surface area contributed by atoms with Crippen LogP contribution >= 0.6 is 23.2 Å². The predicted octanol–water partition coefficient (Wildman–Crippen LogP) is 6.42. The van der Waals surface area contributed by atoms with E-state index in [0.29, 0.717) is 18.0 Å². The quantitative estimate of drug-likeness (QED) is 0.286. The highest BCUT2D eigenvalue weighted by atomic mass is 35.5. The van der Waals surface area contributed by atoms with E-state index >= 15 is 0 Å². The van der Waals surface area contributed by atoms with Crippen LogP contribution in [0.4, 0.5) is 13.2 Å². The molecule has 3 rings (SSSR count). The predicted molar refractivity (Wildman–Crippen MR) is 140 cm³/mol. The topological polar surface area (TPSA) is 68.9 Å². The Morgan fingerprint density at radius 3 is 2.41 bits per heavy atom. The first kappa shape index (κ1) is 28.8. The third-order valence-electron chi connectivity index (χ3n) is 6.14. The number of alkyl halides is 3. The molecule has 1 heterocycles. The van der Waals surface area contributed by atoms with Crippen LogP contribution in [-0.4, -0.2) is 26.8 Å². The second-order valence-electron chi connectivity index (χ2n) is 8.89.